The fourth-order valence-corrected chi connectivity index (χ4v) is 2.31. The van der Waals surface area contributed by atoms with Gasteiger partial charge in [-0.1, -0.05) is 6.92 Å². The molecule has 15 heavy (non-hydrogen) atoms. The van der Waals surface area contributed by atoms with Crippen LogP contribution in [0.3, 0.4) is 0 Å². The molecule has 0 aromatic carbocycles. The number of rotatable bonds is 7. The third-order valence-electron chi connectivity index (χ3n) is 1.83. The minimum Gasteiger partial charge on any atom is -0.396 e. The fourth-order valence-electron chi connectivity index (χ4n) is 1.23. The number of nitrogens with one attached hydrogen (secondary N) is 2. The summed E-state index contributed by atoms with van der Waals surface area (Å²) in [6.07, 6.45) is 1.14. The van der Waals surface area contributed by atoms with E-state index in [1.807, 2.05) is 20.8 Å². The van der Waals surface area contributed by atoms with Crippen LogP contribution in [0.15, 0.2) is 0 Å². The third-order valence-corrected chi connectivity index (χ3v) is 2.76. The molecular formula is C9H22N2O3S. The Morgan fingerprint density at radius 2 is 1.93 bits per heavy atom. The average Bonchev–Trinajstić information content (AvgIpc) is 1.98. The summed E-state index contributed by atoms with van der Waals surface area (Å²) in [5.41, 5.74) is -0.511. The van der Waals surface area contributed by atoms with Gasteiger partial charge in [-0.15, -0.1) is 0 Å². The Balaban J connectivity index is 3.95. The van der Waals surface area contributed by atoms with Crippen molar-refractivity contribution in [3.63, 3.8) is 0 Å². The highest BCUT2D eigenvalue weighted by molar-refractivity contribution is 7.88. The molecule has 0 rings (SSSR count). The first-order chi connectivity index (χ1) is 6.66. The Morgan fingerprint density at radius 3 is 2.33 bits per heavy atom. The van der Waals surface area contributed by atoms with Gasteiger partial charge in [0.05, 0.1) is 6.26 Å². The van der Waals surface area contributed by atoms with E-state index in [4.69, 9.17) is 5.11 Å². The van der Waals surface area contributed by atoms with E-state index in [1.54, 1.807) is 0 Å². The first-order valence-corrected chi connectivity index (χ1v) is 6.86. The largest absolute Gasteiger partial charge is 0.396 e. The molecule has 0 spiro atoms. The van der Waals surface area contributed by atoms with Gasteiger partial charge >= 0.3 is 0 Å². The number of sulfonamides is 1. The van der Waals surface area contributed by atoms with Gasteiger partial charge in [-0.2, -0.15) is 0 Å². The molecule has 0 heterocycles. The van der Waals surface area contributed by atoms with Crippen LogP contribution in [0.5, 0.6) is 0 Å². The van der Waals surface area contributed by atoms with Crippen molar-refractivity contribution in [2.24, 2.45) is 5.92 Å². The monoisotopic (exact) mass is 238 g/mol. The van der Waals surface area contributed by atoms with Crippen molar-refractivity contribution in [1.29, 1.82) is 0 Å². The second kappa shape index (κ2) is 5.79. The molecule has 0 bridgehead atoms. The van der Waals surface area contributed by atoms with Gasteiger partial charge in [-0.05, 0) is 26.3 Å². The van der Waals surface area contributed by atoms with E-state index < -0.39 is 15.6 Å². The molecule has 0 saturated carbocycles. The highest BCUT2D eigenvalue weighted by Gasteiger charge is 2.21. The van der Waals surface area contributed by atoms with Gasteiger partial charge in [-0.3, -0.25) is 0 Å². The van der Waals surface area contributed by atoms with Crippen LogP contribution < -0.4 is 10.0 Å². The second-order valence-electron chi connectivity index (χ2n) is 4.68. The van der Waals surface area contributed by atoms with Gasteiger partial charge in [0.2, 0.25) is 10.0 Å². The second-order valence-corrected chi connectivity index (χ2v) is 6.43. The molecule has 0 amide bonds. The smallest absolute Gasteiger partial charge is 0.209 e. The first kappa shape index (κ1) is 14.8. The third kappa shape index (κ3) is 8.80. The van der Waals surface area contributed by atoms with Crippen molar-refractivity contribution in [2.75, 3.05) is 26.0 Å². The number of hydrogen-bond acceptors (Lipinski definition) is 4. The van der Waals surface area contributed by atoms with Crippen molar-refractivity contribution in [2.45, 2.75) is 26.3 Å². The Morgan fingerprint density at radius 1 is 1.40 bits per heavy atom. The summed E-state index contributed by atoms with van der Waals surface area (Å²) >= 11 is 0. The number of aliphatic hydroxyl groups is 1. The summed E-state index contributed by atoms with van der Waals surface area (Å²) in [5.74, 6) is 0.180. The van der Waals surface area contributed by atoms with Gasteiger partial charge in [0.25, 0.3) is 0 Å². The summed E-state index contributed by atoms with van der Waals surface area (Å²) in [6.45, 7) is 6.88. The van der Waals surface area contributed by atoms with E-state index in [0.29, 0.717) is 13.1 Å². The van der Waals surface area contributed by atoms with E-state index in [9.17, 15) is 8.42 Å². The van der Waals surface area contributed by atoms with Crippen molar-refractivity contribution >= 4 is 10.0 Å². The van der Waals surface area contributed by atoms with E-state index in [-0.39, 0.29) is 12.5 Å². The molecule has 5 nitrogen and oxygen atoms in total. The van der Waals surface area contributed by atoms with E-state index >= 15 is 0 Å². The highest BCUT2D eigenvalue weighted by Crippen LogP contribution is 2.02. The van der Waals surface area contributed by atoms with E-state index in [1.165, 1.54) is 0 Å². The lowest BCUT2D eigenvalue weighted by Crippen LogP contribution is -2.50. The molecule has 0 saturated heterocycles. The predicted octanol–water partition coefficient (Wildman–Crippen LogP) is -0.468. The van der Waals surface area contributed by atoms with Crippen LogP contribution in [-0.2, 0) is 10.0 Å². The summed E-state index contributed by atoms with van der Waals surface area (Å²) in [4.78, 5) is 0. The maximum Gasteiger partial charge on any atom is 0.209 e. The molecule has 1 unspecified atom stereocenters. The lowest BCUT2D eigenvalue weighted by Gasteiger charge is -2.26. The summed E-state index contributed by atoms with van der Waals surface area (Å²) in [6, 6.07) is 0. The van der Waals surface area contributed by atoms with Crippen LogP contribution in [0.4, 0.5) is 0 Å². The molecule has 0 aliphatic rings. The zero-order valence-corrected chi connectivity index (χ0v) is 10.7. The molecule has 92 valence electrons. The molecule has 0 aliphatic heterocycles. The molecular weight excluding hydrogens is 216 g/mol. The minimum absolute atomic E-state index is 0.132. The van der Waals surface area contributed by atoms with E-state index in [0.717, 1.165) is 6.26 Å². The quantitative estimate of drug-likeness (QED) is 0.560. The van der Waals surface area contributed by atoms with Gasteiger partial charge in [0.15, 0.2) is 0 Å². The minimum atomic E-state index is -3.18. The van der Waals surface area contributed by atoms with Crippen molar-refractivity contribution < 1.29 is 13.5 Å². The zero-order valence-electron chi connectivity index (χ0n) is 9.87. The first-order valence-electron chi connectivity index (χ1n) is 4.97. The highest BCUT2D eigenvalue weighted by atomic mass is 32.2. The van der Waals surface area contributed by atoms with Gasteiger partial charge in [-0.25, -0.2) is 13.1 Å². The van der Waals surface area contributed by atoms with Gasteiger partial charge in [0.1, 0.15) is 0 Å². The van der Waals surface area contributed by atoms with Crippen LogP contribution in [-0.4, -0.2) is 45.0 Å². The molecule has 1 atom stereocenters. The maximum atomic E-state index is 11.0. The summed E-state index contributed by atoms with van der Waals surface area (Å²) < 4.78 is 24.6. The molecule has 0 fully saturated rings. The fraction of sp³-hybridized carbons (Fsp3) is 1.00. The van der Waals surface area contributed by atoms with Crippen molar-refractivity contribution in [3.8, 4) is 0 Å². The number of hydrogen-bond donors (Lipinski definition) is 3. The zero-order chi connectivity index (χ0) is 12.1. The molecule has 0 radical (unpaired) electrons. The van der Waals surface area contributed by atoms with Crippen LogP contribution in [0.2, 0.25) is 0 Å². The van der Waals surface area contributed by atoms with E-state index in [2.05, 4.69) is 10.0 Å². The van der Waals surface area contributed by atoms with Crippen molar-refractivity contribution in [1.82, 2.24) is 10.0 Å². The summed E-state index contributed by atoms with van der Waals surface area (Å²) in [5, 5.41) is 11.9. The molecule has 3 N–H and O–H groups in total. The number of aliphatic hydroxyl groups excluding tert-OH is 1. The Kier molecular flexibility index (Phi) is 5.72. The van der Waals surface area contributed by atoms with Gasteiger partial charge in [0, 0.05) is 18.7 Å². The standard InChI is InChI=1S/C9H22N2O3S/c1-8(6-12)5-10-7-9(2,3)11-15(4,13)14/h8,10-12H,5-7H2,1-4H3. The molecule has 0 aromatic rings. The Bertz CT molecular complexity index is 275. The molecule has 0 aliphatic carbocycles. The molecule has 0 aromatic heterocycles. The van der Waals surface area contributed by atoms with Crippen LogP contribution in [0.25, 0.3) is 0 Å². The lowest BCUT2D eigenvalue weighted by atomic mass is 10.1. The van der Waals surface area contributed by atoms with Crippen LogP contribution >= 0.6 is 0 Å². The maximum absolute atomic E-state index is 11.0. The Hall–Kier alpha value is -0.170. The predicted molar refractivity (Wildman–Crippen MR) is 61.2 cm³/mol. The normalized spacial score (nSPS) is 15.3. The SMILES string of the molecule is CC(CO)CNCC(C)(C)NS(C)(=O)=O. The Labute approximate surface area is 92.3 Å². The van der Waals surface area contributed by atoms with Crippen LogP contribution in [0, 0.1) is 5.92 Å². The summed E-state index contributed by atoms with van der Waals surface area (Å²) in [7, 11) is -3.18. The topological polar surface area (TPSA) is 78.4 Å². The van der Waals surface area contributed by atoms with Crippen LogP contribution in [0.1, 0.15) is 20.8 Å². The molecule has 6 heteroatoms. The van der Waals surface area contributed by atoms with Gasteiger partial charge < -0.3 is 10.4 Å². The average molecular weight is 238 g/mol. The van der Waals surface area contributed by atoms with Crippen molar-refractivity contribution in [3.05, 3.63) is 0 Å². The lowest BCUT2D eigenvalue weighted by molar-refractivity contribution is 0.231.